The lowest BCUT2D eigenvalue weighted by atomic mass is 10.2. The normalized spacial score (nSPS) is 13.4. The quantitative estimate of drug-likeness (QED) is 0.392. The van der Waals surface area contributed by atoms with Gasteiger partial charge in [-0.15, -0.1) is 0 Å². The van der Waals surface area contributed by atoms with Crippen LogP contribution in [0.4, 0.5) is 0 Å². The van der Waals surface area contributed by atoms with Crippen LogP contribution < -0.4 is 0 Å². The zero-order valence-electron chi connectivity index (χ0n) is 7.99. The second-order valence-corrected chi connectivity index (χ2v) is 5.39. The average Bonchev–Trinajstić information content (AvgIpc) is 2.01. The molecule has 0 heterocycles. The maximum atomic E-state index is 11.1. The minimum atomic E-state index is -3.10. The zero-order valence-corrected chi connectivity index (χ0v) is 9.62. The number of isothiocyanates is 1. The highest BCUT2D eigenvalue weighted by Gasteiger charge is 2.18. The van der Waals surface area contributed by atoms with Gasteiger partial charge in [-0.25, -0.2) is 13.4 Å². The molecule has 1 atom stereocenters. The molecule has 0 aliphatic heterocycles. The summed E-state index contributed by atoms with van der Waals surface area (Å²) < 4.78 is 22.3. The summed E-state index contributed by atoms with van der Waals surface area (Å²) in [5.41, 5.74) is 0. The molecule has 0 amide bonds. The summed E-state index contributed by atoms with van der Waals surface area (Å²) >= 11 is 4.39. The molecule has 5 heteroatoms. The fraction of sp³-hybridized carbons (Fsp3) is 0.875. The van der Waals surface area contributed by atoms with E-state index in [0.717, 1.165) is 19.3 Å². The van der Waals surface area contributed by atoms with Gasteiger partial charge in [0.1, 0.15) is 0 Å². The predicted octanol–water partition coefficient (Wildman–Crippen LogP) is 2.04. The van der Waals surface area contributed by atoms with E-state index in [4.69, 9.17) is 0 Å². The fourth-order valence-electron chi connectivity index (χ4n) is 1.00. The van der Waals surface area contributed by atoms with Crippen LogP contribution in [0.1, 0.15) is 32.6 Å². The van der Waals surface area contributed by atoms with Crippen LogP contribution in [0.15, 0.2) is 4.99 Å². The van der Waals surface area contributed by atoms with Gasteiger partial charge in [0.05, 0.1) is 5.16 Å². The Morgan fingerprint density at radius 1 is 1.46 bits per heavy atom. The minimum Gasteiger partial charge on any atom is -0.227 e. The molecule has 0 fully saturated rings. The van der Waals surface area contributed by atoms with Gasteiger partial charge in [-0.3, -0.25) is 0 Å². The molecule has 0 N–H and O–H groups in total. The van der Waals surface area contributed by atoms with Crippen LogP contribution in [0.25, 0.3) is 0 Å². The Morgan fingerprint density at radius 2 is 2.08 bits per heavy atom. The van der Waals surface area contributed by atoms with Crippen molar-refractivity contribution in [2.24, 2.45) is 4.99 Å². The lowest BCUT2D eigenvalue weighted by molar-refractivity contribution is 0.569. The summed E-state index contributed by atoms with van der Waals surface area (Å²) in [5, 5.41) is 1.45. The van der Waals surface area contributed by atoms with Crippen molar-refractivity contribution in [3.05, 3.63) is 0 Å². The van der Waals surface area contributed by atoms with E-state index in [1.807, 2.05) is 0 Å². The Hall–Kier alpha value is -0.250. The Bertz CT molecular complexity index is 279. The van der Waals surface area contributed by atoms with Gasteiger partial charge in [0.15, 0.2) is 15.2 Å². The van der Waals surface area contributed by atoms with Crippen LogP contribution in [0.5, 0.6) is 0 Å². The summed E-state index contributed by atoms with van der Waals surface area (Å²) in [7, 11) is -3.10. The standard InChI is InChI=1S/C8H15NO2S2/c1-3-4-5-6-8(9-7-12)13(2,10)11/h8H,3-6H2,1-2H3. The van der Waals surface area contributed by atoms with E-state index < -0.39 is 15.2 Å². The molecular formula is C8H15NO2S2. The van der Waals surface area contributed by atoms with Crippen molar-refractivity contribution in [3.8, 4) is 0 Å². The van der Waals surface area contributed by atoms with E-state index in [0.29, 0.717) is 6.42 Å². The number of hydrogen-bond acceptors (Lipinski definition) is 4. The van der Waals surface area contributed by atoms with Crippen molar-refractivity contribution in [1.82, 2.24) is 0 Å². The molecule has 3 nitrogen and oxygen atoms in total. The third kappa shape index (κ3) is 5.91. The monoisotopic (exact) mass is 221 g/mol. The Balaban J connectivity index is 4.20. The SMILES string of the molecule is CCCCCC(N=C=S)S(C)(=O)=O. The molecule has 0 saturated carbocycles. The number of rotatable bonds is 6. The molecular weight excluding hydrogens is 206 g/mol. The number of sulfone groups is 1. The number of aliphatic imine (C=N–C) groups is 1. The zero-order chi connectivity index (χ0) is 10.3. The topological polar surface area (TPSA) is 46.5 Å². The highest BCUT2D eigenvalue weighted by atomic mass is 32.2. The van der Waals surface area contributed by atoms with Gasteiger partial charge in [-0.05, 0) is 18.6 Å². The Kier molecular flexibility index (Phi) is 6.12. The van der Waals surface area contributed by atoms with Crippen molar-refractivity contribution >= 4 is 27.2 Å². The predicted molar refractivity (Wildman–Crippen MR) is 57.8 cm³/mol. The molecule has 0 aromatic heterocycles. The fourth-order valence-corrected chi connectivity index (χ4v) is 2.04. The first-order valence-corrected chi connectivity index (χ1v) is 6.64. The van der Waals surface area contributed by atoms with E-state index in [1.165, 1.54) is 6.26 Å². The van der Waals surface area contributed by atoms with Crippen LogP contribution in [0, 0.1) is 0 Å². The summed E-state index contributed by atoms with van der Waals surface area (Å²) in [6, 6.07) is 0. The molecule has 0 aliphatic rings. The van der Waals surface area contributed by atoms with Crippen LogP contribution in [0.3, 0.4) is 0 Å². The first kappa shape index (κ1) is 12.8. The molecule has 0 aliphatic carbocycles. The molecule has 0 bridgehead atoms. The summed E-state index contributed by atoms with van der Waals surface area (Å²) in [6.07, 6.45) is 4.70. The number of thiocarbonyl (C=S) groups is 1. The maximum Gasteiger partial charge on any atom is 0.171 e. The summed E-state index contributed by atoms with van der Waals surface area (Å²) in [4.78, 5) is 3.64. The smallest absolute Gasteiger partial charge is 0.171 e. The van der Waals surface area contributed by atoms with Gasteiger partial charge >= 0.3 is 0 Å². The lowest BCUT2D eigenvalue weighted by Crippen LogP contribution is -2.17. The van der Waals surface area contributed by atoms with Crippen molar-refractivity contribution in [1.29, 1.82) is 0 Å². The van der Waals surface area contributed by atoms with E-state index in [2.05, 4.69) is 29.3 Å². The molecule has 0 rings (SSSR count). The molecule has 0 spiro atoms. The van der Waals surface area contributed by atoms with Gasteiger partial charge in [-0.2, -0.15) is 0 Å². The maximum absolute atomic E-state index is 11.1. The molecule has 0 saturated heterocycles. The summed E-state index contributed by atoms with van der Waals surface area (Å²) in [5.74, 6) is 0. The van der Waals surface area contributed by atoms with Crippen molar-refractivity contribution in [2.45, 2.75) is 38.0 Å². The summed E-state index contributed by atoms with van der Waals surface area (Å²) in [6.45, 7) is 2.07. The third-order valence-electron chi connectivity index (χ3n) is 1.75. The molecule has 13 heavy (non-hydrogen) atoms. The molecule has 76 valence electrons. The van der Waals surface area contributed by atoms with Gasteiger partial charge in [-0.1, -0.05) is 26.2 Å². The van der Waals surface area contributed by atoms with Gasteiger partial charge in [0, 0.05) is 6.26 Å². The average molecular weight is 221 g/mol. The van der Waals surface area contributed by atoms with Crippen LogP contribution in [-0.2, 0) is 9.84 Å². The first-order valence-electron chi connectivity index (χ1n) is 4.28. The minimum absolute atomic E-state index is 0.552. The Labute approximate surface area is 85.2 Å². The molecule has 1 unspecified atom stereocenters. The number of unbranched alkanes of at least 4 members (excludes halogenated alkanes) is 2. The van der Waals surface area contributed by atoms with Crippen molar-refractivity contribution in [3.63, 3.8) is 0 Å². The number of hydrogen-bond donors (Lipinski definition) is 0. The van der Waals surface area contributed by atoms with Crippen LogP contribution in [-0.4, -0.2) is 25.2 Å². The van der Waals surface area contributed by atoms with Gasteiger partial charge in [0.2, 0.25) is 0 Å². The number of nitrogens with zero attached hydrogens (tertiary/aromatic N) is 1. The second kappa shape index (κ2) is 6.24. The third-order valence-corrected chi connectivity index (χ3v) is 3.18. The van der Waals surface area contributed by atoms with Crippen LogP contribution >= 0.6 is 12.2 Å². The molecule has 0 radical (unpaired) electrons. The van der Waals surface area contributed by atoms with E-state index >= 15 is 0 Å². The second-order valence-electron chi connectivity index (χ2n) is 3.00. The highest BCUT2D eigenvalue weighted by Crippen LogP contribution is 2.11. The van der Waals surface area contributed by atoms with Crippen molar-refractivity contribution in [2.75, 3.05) is 6.26 Å². The van der Waals surface area contributed by atoms with E-state index in [9.17, 15) is 8.42 Å². The highest BCUT2D eigenvalue weighted by molar-refractivity contribution is 7.91. The largest absolute Gasteiger partial charge is 0.227 e. The Morgan fingerprint density at radius 3 is 2.46 bits per heavy atom. The van der Waals surface area contributed by atoms with Gasteiger partial charge < -0.3 is 0 Å². The van der Waals surface area contributed by atoms with E-state index in [1.54, 1.807) is 0 Å². The van der Waals surface area contributed by atoms with Gasteiger partial charge in [0.25, 0.3) is 0 Å². The van der Waals surface area contributed by atoms with Crippen LogP contribution in [0.2, 0.25) is 0 Å². The van der Waals surface area contributed by atoms with Crippen molar-refractivity contribution < 1.29 is 8.42 Å². The lowest BCUT2D eigenvalue weighted by Gasteiger charge is -2.07. The first-order chi connectivity index (χ1) is 6.02. The molecule has 0 aromatic rings. The molecule has 0 aromatic carbocycles. The van der Waals surface area contributed by atoms with E-state index in [-0.39, 0.29) is 0 Å².